The van der Waals surface area contributed by atoms with Crippen molar-refractivity contribution < 1.29 is 22.0 Å². The minimum atomic E-state index is -4.48. The van der Waals surface area contributed by atoms with Crippen LogP contribution in [0.15, 0.2) is 42.5 Å². The summed E-state index contributed by atoms with van der Waals surface area (Å²) in [5, 5.41) is 0. The van der Waals surface area contributed by atoms with Crippen LogP contribution in [-0.2, 0) is 12.6 Å². The SMILES string of the molecule is CCC=CC1CCC2c3cc(F)c(-c4ccc(C(F)(F)F)cc4)c(F)c3CCC2C1. The maximum absolute atomic E-state index is 15.4. The summed E-state index contributed by atoms with van der Waals surface area (Å²) in [5.74, 6) is -0.191. The van der Waals surface area contributed by atoms with E-state index in [-0.39, 0.29) is 17.0 Å². The van der Waals surface area contributed by atoms with E-state index in [4.69, 9.17) is 0 Å². The number of benzene rings is 2. The van der Waals surface area contributed by atoms with Crippen molar-refractivity contribution in [2.75, 3.05) is 0 Å². The van der Waals surface area contributed by atoms with Crippen molar-refractivity contribution in [3.05, 3.63) is 70.8 Å². The molecule has 0 aliphatic heterocycles. The average molecular weight is 420 g/mol. The highest BCUT2D eigenvalue weighted by Gasteiger charge is 2.37. The lowest BCUT2D eigenvalue weighted by atomic mass is 9.65. The van der Waals surface area contributed by atoms with Crippen LogP contribution in [0.5, 0.6) is 0 Å². The molecule has 4 rings (SSSR count). The van der Waals surface area contributed by atoms with Gasteiger partial charge in [-0.05, 0) is 91.2 Å². The molecule has 0 radical (unpaired) electrons. The maximum Gasteiger partial charge on any atom is 0.416 e. The summed E-state index contributed by atoms with van der Waals surface area (Å²) in [7, 11) is 0. The lowest BCUT2D eigenvalue weighted by Gasteiger charge is -2.40. The Balaban J connectivity index is 1.65. The maximum atomic E-state index is 15.4. The van der Waals surface area contributed by atoms with Gasteiger partial charge in [0.25, 0.3) is 0 Å². The van der Waals surface area contributed by atoms with E-state index in [2.05, 4.69) is 19.1 Å². The van der Waals surface area contributed by atoms with Crippen molar-refractivity contribution in [1.82, 2.24) is 0 Å². The van der Waals surface area contributed by atoms with E-state index in [0.29, 0.717) is 23.8 Å². The lowest BCUT2D eigenvalue weighted by molar-refractivity contribution is -0.137. The summed E-state index contributed by atoms with van der Waals surface area (Å²) in [4.78, 5) is 0. The van der Waals surface area contributed by atoms with Gasteiger partial charge in [-0.3, -0.25) is 0 Å². The number of fused-ring (bicyclic) bond motifs is 3. The molecule has 2 aromatic rings. The fraction of sp³-hybridized carbons (Fsp3) is 0.440. The van der Waals surface area contributed by atoms with E-state index in [0.717, 1.165) is 61.9 Å². The summed E-state index contributed by atoms with van der Waals surface area (Å²) in [6.45, 7) is 2.11. The fourth-order valence-corrected chi connectivity index (χ4v) is 5.22. The van der Waals surface area contributed by atoms with Crippen LogP contribution in [0.2, 0.25) is 0 Å². The van der Waals surface area contributed by atoms with Gasteiger partial charge in [-0.15, -0.1) is 0 Å². The van der Waals surface area contributed by atoms with Crippen LogP contribution in [-0.4, -0.2) is 0 Å². The zero-order valence-corrected chi connectivity index (χ0v) is 16.9. The Labute approximate surface area is 173 Å². The van der Waals surface area contributed by atoms with Crippen LogP contribution in [0.1, 0.15) is 61.6 Å². The van der Waals surface area contributed by atoms with Crippen molar-refractivity contribution in [1.29, 1.82) is 0 Å². The van der Waals surface area contributed by atoms with Gasteiger partial charge in [0, 0.05) is 0 Å². The first-order chi connectivity index (χ1) is 14.3. The molecule has 0 bridgehead atoms. The molecule has 0 heterocycles. The number of alkyl halides is 3. The van der Waals surface area contributed by atoms with Gasteiger partial charge in [0.1, 0.15) is 11.6 Å². The predicted octanol–water partition coefficient (Wildman–Crippen LogP) is 8.06. The second-order valence-electron chi connectivity index (χ2n) is 8.51. The number of hydrogen-bond donors (Lipinski definition) is 0. The second-order valence-corrected chi connectivity index (χ2v) is 8.51. The highest BCUT2D eigenvalue weighted by atomic mass is 19.4. The Morgan fingerprint density at radius 3 is 2.43 bits per heavy atom. The molecular weight excluding hydrogens is 395 g/mol. The van der Waals surface area contributed by atoms with E-state index in [1.165, 1.54) is 6.07 Å². The minimum Gasteiger partial charge on any atom is -0.206 e. The summed E-state index contributed by atoms with van der Waals surface area (Å²) in [6.07, 6.45) is 5.38. The molecule has 5 heteroatoms. The van der Waals surface area contributed by atoms with Gasteiger partial charge in [0.15, 0.2) is 0 Å². The number of hydrogen-bond acceptors (Lipinski definition) is 0. The monoisotopic (exact) mass is 420 g/mol. The molecular formula is C25H25F5. The largest absolute Gasteiger partial charge is 0.416 e. The van der Waals surface area contributed by atoms with Crippen LogP contribution < -0.4 is 0 Å². The van der Waals surface area contributed by atoms with E-state index in [1.807, 2.05) is 0 Å². The first-order valence-electron chi connectivity index (χ1n) is 10.6. The number of halogens is 5. The number of rotatable bonds is 3. The van der Waals surface area contributed by atoms with Gasteiger partial charge in [0.05, 0.1) is 11.1 Å². The van der Waals surface area contributed by atoms with Crippen molar-refractivity contribution in [2.24, 2.45) is 11.8 Å². The van der Waals surface area contributed by atoms with Gasteiger partial charge in [0.2, 0.25) is 0 Å². The molecule has 3 unspecified atom stereocenters. The molecule has 0 aromatic heterocycles. The third-order valence-electron chi connectivity index (χ3n) is 6.69. The Hall–Kier alpha value is -2.17. The molecule has 160 valence electrons. The fourth-order valence-electron chi connectivity index (χ4n) is 5.22. The van der Waals surface area contributed by atoms with Crippen molar-refractivity contribution >= 4 is 0 Å². The summed E-state index contributed by atoms with van der Waals surface area (Å²) in [5.41, 5.74) is 0.378. The molecule has 2 aliphatic rings. The van der Waals surface area contributed by atoms with Gasteiger partial charge in [-0.2, -0.15) is 13.2 Å². The molecule has 1 fully saturated rings. The molecule has 1 saturated carbocycles. The Morgan fingerprint density at radius 2 is 1.77 bits per heavy atom. The minimum absolute atomic E-state index is 0.135. The highest BCUT2D eigenvalue weighted by Crippen LogP contribution is 2.49. The molecule has 2 aromatic carbocycles. The molecule has 3 atom stereocenters. The third-order valence-corrected chi connectivity index (χ3v) is 6.69. The van der Waals surface area contributed by atoms with Gasteiger partial charge >= 0.3 is 6.18 Å². The summed E-state index contributed by atoms with van der Waals surface area (Å²) < 4.78 is 68.8. The highest BCUT2D eigenvalue weighted by molar-refractivity contribution is 5.67. The first kappa shape index (κ1) is 21.1. The van der Waals surface area contributed by atoms with Crippen molar-refractivity contribution in [2.45, 2.75) is 57.5 Å². The Kier molecular flexibility index (Phi) is 5.73. The zero-order valence-electron chi connectivity index (χ0n) is 16.9. The van der Waals surface area contributed by atoms with Crippen molar-refractivity contribution in [3.63, 3.8) is 0 Å². The van der Waals surface area contributed by atoms with Gasteiger partial charge in [-0.1, -0.05) is 31.2 Å². The molecule has 0 amide bonds. The second kappa shape index (κ2) is 8.16. The predicted molar refractivity (Wildman–Crippen MR) is 108 cm³/mol. The standard InChI is InChI=1S/C25H25F5/c1-2-3-4-15-5-11-19-17(13-15)8-12-20-21(19)14-22(26)23(24(20)27)16-6-9-18(10-7-16)25(28,29)30/h3-4,6-7,9-10,14-15,17,19H,2,5,8,11-13H2,1H3. The molecule has 0 N–H and O–H groups in total. The van der Waals surface area contributed by atoms with Gasteiger partial charge < -0.3 is 0 Å². The lowest BCUT2D eigenvalue weighted by Crippen LogP contribution is -2.28. The normalized spacial score (nSPS) is 24.0. The molecule has 0 spiro atoms. The third kappa shape index (κ3) is 3.91. The van der Waals surface area contributed by atoms with Crippen LogP contribution >= 0.6 is 0 Å². The van der Waals surface area contributed by atoms with Gasteiger partial charge in [-0.25, -0.2) is 8.78 Å². The molecule has 2 aliphatic carbocycles. The van der Waals surface area contributed by atoms with E-state index in [1.54, 1.807) is 0 Å². The molecule has 30 heavy (non-hydrogen) atoms. The van der Waals surface area contributed by atoms with E-state index >= 15 is 4.39 Å². The van der Waals surface area contributed by atoms with Crippen LogP contribution in [0.25, 0.3) is 11.1 Å². The van der Waals surface area contributed by atoms with Crippen LogP contribution in [0, 0.1) is 23.5 Å². The topological polar surface area (TPSA) is 0 Å². The first-order valence-corrected chi connectivity index (χ1v) is 10.6. The Bertz CT molecular complexity index is 939. The molecule has 0 saturated heterocycles. The Morgan fingerprint density at radius 1 is 1.03 bits per heavy atom. The summed E-state index contributed by atoms with van der Waals surface area (Å²) in [6, 6.07) is 5.47. The number of allylic oxidation sites excluding steroid dienone is 2. The molecule has 0 nitrogen and oxygen atoms in total. The quantitative estimate of drug-likeness (QED) is 0.348. The summed E-state index contributed by atoms with van der Waals surface area (Å²) >= 11 is 0. The van der Waals surface area contributed by atoms with E-state index in [9.17, 15) is 17.6 Å². The van der Waals surface area contributed by atoms with Crippen LogP contribution in [0.4, 0.5) is 22.0 Å². The van der Waals surface area contributed by atoms with Crippen molar-refractivity contribution in [3.8, 4) is 11.1 Å². The smallest absolute Gasteiger partial charge is 0.206 e. The zero-order chi connectivity index (χ0) is 21.5. The van der Waals surface area contributed by atoms with Crippen LogP contribution in [0.3, 0.4) is 0 Å². The van der Waals surface area contributed by atoms with E-state index < -0.39 is 23.4 Å². The average Bonchev–Trinajstić information content (AvgIpc) is 2.71.